The Bertz CT molecular complexity index is 595. The molecule has 106 valence electrons. The molecule has 6 heteroatoms. The highest BCUT2D eigenvalue weighted by atomic mass is 16.2. The van der Waals surface area contributed by atoms with Crippen molar-refractivity contribution in [3.05, 3.63) is 29.8 Å². The van der Waals surface area contributed by atoms with Gasteiger partial charge in [-0.25, -0.2) is 0 Å². The molecular weight excluding hydrogens is 254 g/mol. The van der Waals surface area contributed by atoms with E-state index in [1.165, 1.54) is 5.56 Å². The molecule has 0 spiro atoms. The first-order valence-corrected chi connectivity index (χ1v) is 6.43. The summed E-state index contributed by atoms with van der Waals surface area (Å²) >= 11 is 0. The van der Waals surface area contributed by atoms with Crippen molar-refractivity contribution in [3.63, 3.8) is 0 Å². The number of nitrogens with two attached hydrogens (primary N) is 1. The van der Waals surface area contributed by atoms with E-state index in [0.717, 1.165) is 5.56 Å². The number of nitrogens with one attached hydrogen (secondary N) is 2. The van der Waals surface area contributed by atoms with Gasteiger partial charge in [0.2, 0.25) is 11.9 Å². The molecular formula is C14H19N5O. The van der Waals surface area contributed by atoms with E-state index in [2.05, 4.69) is 53.4 Å². The Balaban J connectivity index is 2.18. The van der Waals surface area contributed by atoms with Crippen molar-refractivity contribution in [1.82, 2.24) is 15.2 Å². The van der Waals surface area contributed by atoms with Gasteiger partial charge in [0.05, 0.1) is 6.54 Å². The Kier molecular flexibility index (Phi) is 3.85. The number of nitrogens with zero attached hydrogens (tertiary/aromatic N) is 2. The van der Waals surface area contributed by atoms with Crippen LogP contribution in [0.5, 0.6) is 0 Å². The van der Waals surface area contributed by atoms with E-state index in [4.69, 9.17) is 5.73 Å². The summed E-state index contributed by atoms with van der Waals surface area (Å²) in [5.41, 5.74) is 7.49. The van der Waals surface area contributed by atoms with Crippen molar-refractivity contribution < 1.29 is 4.79 Å². The molecule has 1 heterocycles. The van der Waals surface area contributed by atoms with Gasteiger partial charge in [0.1, 0.15) is 0 Å². The summed E-state index contributed by atoms with van der Waals surface area (Å²) in [6.45, 7) is 6.40. The van der Waals surface area contributed by atoms with E-state index in [0.29, 0.717) is 5.82 Å². The van der Waals surface area contributed by atoms with Crippen molar-refractivity contribution in [1.29, 1.82) is 0 Å². The number of hydrogen-bond acceptors (Lipinski definition) is 4. The molecule has 0 aliphatic carbocycles. The summed E-state index contributed by atoms with van der Waals surface area (Å²) in [5, 5.41) is 9.22. The minimum atomic E-state index is -0.321. The van der Waals surface area contributed by atoms with Crippen LogP contribution >= 0.6 is 0 Å². The second kappa shape index (κ2) is 5.42. The predicted molar refractivity (Wildman–Crippen MR) is 78.2 cm³/mol. The molecule has 0 radical (unpaired) electrons. The van der Waals surface area contributed by atoms with Gasteiger partial charge in [-0.15, -0.1) is 5.10 Å². The number of H-pyrrole nitrogens is 1. The molecule has 0 unspecified atom stereocenters. The van der Waals surface area contributed by atoms with E-state index in [1.807, 2.05) is 12.1 Å². The Labute approximate surface area is 117 Å². The zero-order valence-corrected chi connectivity index (χ0v) is 11.9. The SMILES string of the molecule is CC(C)(C)c1ccc(-c2nc(NC(=O)CN)n[nH]2)cc1. The average molecular weight is 273 g/mol. The molecule has 6 nitrogen and oxygen atoms in total. The quantitative estimate of drug-likeness (QED) is 0.792. The van der Waals surface area contributed by atoms with Gasteiger partial charge in [-0.3, -0.25) is 15.2 Å². The highest BCUT2D eigenvalue weighted by Crippen LogP contribution is 2.24. The monoisotopic (exact) mass is 273 g/mol. The normalized spacial score (nSPS) is 11.4. The van der Waals surface area contributed by atoms with E-state index >= 15 is 0 Å². The van der Waals surface area contributed by atoms with Crippen LogP contribution in [0, 0.1) is 0 Å². The lowest BCUT2D eigenvalue weighted by atomic mass is 9.87. The third-order valence-electron chi connectivity index (χ3n) is 2.95. The minimum Gasteiger partial charge on any atom is -0.322 e. The molecule has 0 atom stereocenters. The number of carbonyl (C=O) groups is 1. The van der Waals surface area contributed by atoms with Crippen LogP contribution < -0.4 is 11.1 Å². The molecule has 0 aliphatic rings. The van der Waals surface area contributed by atoms with Crippen molar-refractivity contribution in [3.8, 4) is 11.4 Å². The van der Waals surface area contributed by atoms with Crippen molar-refractivity contribution in [2.75, 3.05) is 11.9 Å². The zero-order chi connectivity index (χ0) is 14.8. The van der Waals surface area contributed by atoms with Crippen LogP contribution in [-0.4, -0.2) is 27.6 Å². The van der Waals surface area contributed by atoms with Crippen LogP contribution in [0.4, 0.5) is 5.95 Å². The Hall–Kier alpha value is -2.21. The number of amides is 1. The first-order chi connectivity index (χ1) is 9.40. The molecule has 4 N–H and O–H groups in total. The Morgan fingerprint density at radius 2 is 1.95 bits per heavy atom. The third kappa shape index (κ3) is 3.21. The maximum Gasteiger partial charge on any atom is 0.249 e. The maximum absolute atomic E-state index is 11.2. The topological polar surface area (TPSA) is 96.7 Å². The van der Waals surface area contributed by atoms with Crippen LogP contribution in [0.2, 0.25) is 0 Å². The summed E-state index contributed by atoms with van der Waals surface area (Å²) in [4.78, 5) is 15.4. The molecule has 0 saturated carbocycles. The highest BCUT2D eigenvalue weighted by Gasteiger charge is 2.14. The van der Waals surface area contributed by atoms with Gasteiger partial charge in [0, 0.05) is 5.56 Å². The van der Waals surface area contributed by atoms with Crippen LogP contribution in [0.15, 0.2) is 24.3 Å². The van der Waals surface area contributed by atoms with Crippen molar-refractivity contribution in [2.24, 2.45) is 5.73 Å². The first kappa shape index (κ1) is 14.2. The number of aromatic nitrogens is 3. The number of anilines is 1. The van der Waals surface area contributed by atoms with Gasteiger partial charge >= 0.3 is 0 Å². The van der Waals surface area contributed by atoms with E-state index in [9.17, 15) is 4.79 Å². The minimum absolute atomic E-state index is 0.0931. The smallest absolute Gasteiger partial charge is 0.249 e. The van der Waals surface area contributed by atoms with Gasteiger partial charge in [-0.05, 0) is 11.0 Å². The second-order valence-corrected chi connectivity index (χ2v) is 5.59. The average Bonchev–Trinajstić information content (AvgIpc) is 2.86. The number of rotatable bonds is 3. The van der Waals surface area contributed by atoms with Gasteiger partial charge in [-0.1, -0.05) is 45.0 Å². The number of carbonyl (C=O) groups excluding carboxylic acids is 1. The van der Waals surface area contributed by atoms with Crippen LogP contribution in [0.25, 0.3) is 11.4 Å². The summed E-state index contributed by atoms with van der Waals surface area (Å²) < 4.78 is 0. The lowest BCUT2D eigenvalue weighted by Crippen LogP contribution is -2.22. The second-order valence-electron chi connectivity index (χ2n) is 5.59. The molecule has 1 aromatic heterocycles. The van der Waals surface area contributed by atoms with Gasteiger partial charge in [0.25, 0.3) is 0 Å². The molecule has 0 saturated heterocycles. The fourth-order valence-electron chi connectivity index (χ4n) is 1.75. The molecule has 0 aliphatic heterocycles. The van der Waals surface area contributed by atoms with Crippen LogP contribution in [0.1, 0.15) is 26.3 Å². The van der Waals surface area contributed by atoms with Gasteiger partial charge in [0.15, 0.2) is 5.82 Å². The zero-order valence-electron chi connectivity index (χ0n) is 11.9. The van der Waals surface area contributed by atoms with E-state index < -0.39 is 0 Å². The van der Waals surface area contributed by atoms with Crippen LogP contribution in [-0.2, 0) is 10.2 Å². The van der Waals surface area contributed by atoms with Crippen molar-refractivity contribution in [2.45, 2.75) is 26.2 Å². The summed E-state index contributed by atoms with van der Waals surface area (Å²) in [6, 6.07) is 8.09. The lowest BCUT2D eigenvalue weighted by molar-refractivity contribution is -0.114. The number of hydrogen-bond donors (Lipinski definition) is 3. The molecule has 20 heavy (non-hydrogen) atoms. The standard InChI is InChI=1S/C14H19N5O/c1-14(2,3)10-6-4-9(5-7-10)12-17-13(19-18-12)16-11(20)8-15/h4-7H,8,15H2,1-3H3,(H2,16,17,18,19,20). The van der Waals surface area contributed by atoms with Crippen molar-refractivity contribution >= 4 is 11.9 Å². The lowest BCUT2D eigenvalue weighted by Gasteiger charge is -2.18. The predicted octanol–water partition coefficient (Wildman–Crippen LogP) is 1.67. The largest absolute Gasteiger partial charge is 0.322 e. The molecule has 2 aromatic rings. The summed E-state index contributed by atoms with van der Waals surface area (Å²) in [7, 11) is 0. The summed E-state index contributed by atoms with van der Waals surface area (Å²) in [6.07, 6.45) is 0. The fourth-order valence-corrected chi connectivity index (χ4v) is 1.75. The molecule has 1 amide bonds. The third-order valence-corrected chi connectivity index (χ3v) is 2.95. The van der Waals surface area contributed by atoms with E-state index in [-0.39, 0.29) is 23.8 Å². The summed E-state index contributed by atoms with van der Waals surface area (Å²) in [5.74, 6) is 0.520. The number of aromatic amines is 1. The van der Waals surface area contributed by atoms with Gasteiger partial charge < -0.3 is 5.73 Å². The Morgan fingerprint density at radius 3 is 2.50 bits per heavy atom. The van der Waals surface area contributed by atoms with E-state index in [1.54, 1.807) is 0 Å². The van der Waals surface area contributed by atoms with Gasteiger partial charge in [-0.2, -0.15) is 4.98 Å². The fraction of sp³-hybridized carbons (Fsp3) is 0.357. The van der Waals surface area contributed by atoms with Crippen LogP contribution in [0.3, 0.4) is 0 Å². The highest BCUT2D eigenvalue weighted by molar-refractivity contribution is 5.90. The maximum atomic E-state index is 11.2. The molecule has 0 bridgehead atoms. The molecule has 2 rings (SSSR count). The first-order valence-electron chi connectivity index (χ1n) is 6.43. The molecule has 0 fully saturated rings. The Morgan fingerprint density at radius 1 is 1.30 bits per heavy atom. The number of benzene rings is 1. The molecule has 1 aromatic carbocycles.